The molecule has 60 valence electrons. The number of hydrogen-bond acceptors (Lipinski definition) is 3. The van der Waals surface area contributed by atoms with Crippen molar-refractivity contribution in [1.82, 2.24) is 10.6 Å². The molecule has 10 heavy (non-hydrogen) atoms. The topological polar surface area (TPSA) is 76.4 Å². The lowest BCUT2D eigenvalue weighted by atomic mass is 10.7. The Morgan fingerprint density at radius 3 is 2.80 bits per heavy atom. The van der Waals surface area contributed by atoms with Crippen molar-refractivity contribution >= 4 is 6.03 Å². The maximum absolute atomic E-state index is 10.1. The van der Waals surface area contributed by atoms with E-state index in [9.17, 15) is 4.79 Å². The molecule has 5 heteroatoms. The van der Waals surface area contributed by atoms with E-state index in [0.29, 0.717) is 0 Å². The Morgan fingerprint density at radius 1 is 1.80 bits per heavy atom. The molecule has 4 N–H and O–H groups in total. The van der Waals surface area contributed by atoms with Crippen molar-refractivity contribution in [2.45, 2.75) is 13.2 Å². The van der Waals surface area contributed by atoms with E-state index in [1.165, 1.54) is 0 Å². The Morgan fingerprint density at radius 2 is 2.40 bits per heavy atom. The molecule has 0 radical (unpaired) electrons. The zero-order valence-electron chi connectivity index (χ0n) is 6.18. The molecule has 0 saturated carbocycles. The van der Waals surface area contributed by atoms with Gasteiger partial charge in [0.25, 0.3) is 0 Å². The SMILES string of the molecule is CNC(C)OCNC(N)=O. The van der Waals surface area contributed by atoms with E-state index in [1.807, 2.05) is 6.92 Å². The summed E-state index contributed by atoms with van der Waals surface area (Å²) in [4.78, 5) is 10.1. The summed E-state index contributed by atoms with van der Waals surface area (Å²) in [6.07, 6.45) is -0.0770. The van der Waals surface area contributed by atoms with Crippen molar-refractivity contribution in [3.05, 3.63) is 0 Å². The number of nitrogens with one attached hydrogen (secondary N) is 2. The van der Waals surface area contributed by atoms with Crippen LogP contribution in [0.3, 0.4) is 0 Å². The van der Waals surface area contributed by atoms with Crippen molar-refractivity contribution in [2.75, 3.05) is 13.8 Å². The molecule has 0 saturated heterocycles. The molecule has 0 aromatic rings. The molecule has 5 nitrogen and oxygen atoms in total. The molecular weight excluding hydrogens is 134 g/mol. The third kappa shape index (κ3) is 5.33. The second-order valence-corrected chi connectivity index (χ2v) is 1.78. The second kappa shape index (κ2) is 5.01. The van der Waals surface area contributed by atoms with Gasteiger partial charge in [0, 0.05) is 0 Å². The molecule has 0 aliphatic heterocycles. The van der Waals surface area contributed by atoms with Gasteiger partial charge in [0.15, 0.2) is 0 Å². The van der Waals surface area contributed by atoms with Crippen molar-refractivity contribution < 1.29 is 9.53 Å². The summed E-state index contributed by atoms with van der Waals surface area (Å²) < 4.78 is 4.98. The summed E-state index contributed by atoms with van der Waals surface area (Å²) in [5.41, 5.74) is 4.77. The van der Waals surface area contributed by atoms with Crippen LogP contribution in [0, 0.1) is 0 Å². The Balaban J connectivity index is 3.11. The van der Waals surface area contributed by atoms with E-state index in [-0.39, 0.29) is 13.0 Å². The Hall–Kier alpha value is -0.810. The van der Waals surface area contributed by atoms with Crippen molar-refractivity contribution in [3.63, 3.8) is 0 Å². The third-order valence-electron chi connectivity index (χ3n) is 0.986. The lowest BCUT2D eigenvalue weighted by Gasteiger charge is -2.10. The molecule has 2 amide bonds. The number of urea groups is 1. The Kier molecular flexibility index (Phi) is 4.61. The first-order chi connectivity index (χ1) is 4.66. The van der Waals surface area contributed by atoms with Gasteiger partial charge >= 0.3 is 6.03 Å². The van der Waals surface area contributed by atoms with Gasteiger partial charge in [0.2, 0.25) is 0 Å². The molecular formula is C5H13N3O2. The lowest BCUT2D eigenvalue weighted by Crippen LogP contribution is -2.35. The fraction of sp³-hybridized carbons (Fsp3) is 0.800. The zero-order chi connectivity index (χ0) is 7.98. The minimum absolute atomic E-state index is 0.0770. The van der Waals surface area contributed by atoms with Gasteiger partial charge in [-0.25, -0.2) is 4.79 Å². The predicted octanol–water partition coefficient (Wildman–Crippen LogP) is -0.806. The molecule has 0 heterocycles. The fourth-order valence-electron chi connectivity index (χ4n) is 0.321. The second-order valence-electron chi connectivity index (χ2n) is 1.78. The molecule has 0 spiro atoms. The summed E-state index contributed by atoms with van der Waals surface area (Å²) >= 11 is 0. The van der Waals surface area contributed by atoms with Crippen LogP contribution in [0.15, 0.2) is 0 Å². The average Bonchev–Trinajstić information content (AvgIpc) is 1.87. The number of nitrogens with two attached hydrogens (primary N) is 1. The van der Waals surface area contributed by atoms with Crippen LogP contribution in [0.4, 0.5) is 4.79 Å². The fourth-order valence-corrected chi connectivity index (χ4v) is 0.321. The largest absolute Gasteiger partial charge is 0.352 e. The highest BCUT2D eigenvalue weighted by Crippen LogP contribution is 1.79. The molecule has 0 aliphatic carbocycles. The number of ether oxygens (including phenoxy) is 1. The van der Waals surface area contributed by atoms with Crippen LogP contribution in [0.1, 0.15) is 6.92 Å². The third-order valence-corrected chi connectivity index (χ3v) is 0.986. The maximum atomic E-state index is 10.1. The standard InChI is InChI=1S/C5H13N3O2/c1-4(7-2)10-3-8-5(6)9/h4,7H,3H2,1-2H3,(H3,6,8,9). The summed E-state index contributed by atoms with van der Waals surface area (Å²) in [5.74, 6) is 0. The smallest absolute Gasteiger partial charge is 0.313 e. The first-order valence-corrected chi connectivity index (χ1v) is 2.99. The summed E-state index contributed by atoms with van der Waals surface area (Å²) in [6.45, 7) is 1.96. The van der Waals surface area contributed by atoms with Gasteiger partial charge < -0.3 is 15.8 Å². The Bertz CT molecular complexity index is 107. The van der Waals surface area contributed by atoms with Crippen molar-refractivity contribution in [3.8, 4) is 0 Å². The van der Waals surface area contributed by atoms with Gasteiger partial charge in [-0.3, -0.25) is 5.32 Å². The van der Waals surface area contributed by atoms with E-state index in [0.717, 1.165) is 0 Å². The summed E-state index contributed by atoms with van der Waals surface area (Å²) in [6, 6.07) is -0.580. The van der Waals surface area contributed by atoms with Gasteiger partial charge in [-0.15, -0.1) is 0 Å². The van der Waals surface area contributed by atoms with E-state index in [2.05, 4.69) is 10.6 Å². The van der Waals surface area contributed by atoms with E-state index in [1.54, 1.807) is 7.05 Å². The highest BCUT2D eigenvalue weighted by Gasteiger charge is 1.96. The number of carbonyl (C=O) groups excluding carboxylic acids is 1. The quantitative estimate of drug-likeness (QED) is 0.455. The summed E-state index contributed by atoms with van der Waals surface area (Å²) in [7, 11) is 1.76. The molecule has 0 aromatic carbocycles. The van der Waals surface area contributed by atoms with Gasteiger partial charge in [-0.2, -0.15) is 0 Å². The van der Waals surface area contributed by atoms with Crippen LogP contribution in [0.25, 0.3) is 0 Å². The normalized spacial score (nSPS) is 12.6. The Labute approximate surface area is 59.9 Å². The van der Waals surface area contributed by atoms with Crippen molar-refractivity contribution in [1.29, 1.82) is 0 Å². The molecule has 0 rings (SSSR count). The van der Waals surface area contributed by atoms with Crippen LogP contribution in [0.5, 0.6) is 0 Å². The van der Waals surface area contributed by atoms with Gasteiger partial charge in [0.05, 0.1) is 0 Å². The van der Waals surface area contributed by atoms with Crippen LogP contribution in [-0.4, -0.2) is 26.0 Å². The molecule has 0 bridgehead atoms. The first kappa shape index (κ1) is 9.19. The van der Waals surface area contributed by atoms with Crippen molar-refractivity contribution in [2.24, 2.45) is 5.73 Å². The highest BCUT2D eigenvalue weighted by molar-refractivity contribution is 5.71. The van der Waals surface area contributed by atoms with Gasteiger partial charge in [0.1, 0.15) is 13.0 Å². The first-order valence-electron chi connectivity index (χ1n) is 2.99. The zero-order valence-corrected chi connectivity index (χ0v) is 6.18. The van der Waals surface area contributed by atoms with Gasteiger partial charge in [-0.05, 0) is 14.0 Å². The number of carbonyl (C=O) groups is 1. The van der Waals surface area contributed by atoms with Gasteiger partial charge in [-0.1, -0.05) is 0 Å². The molecule has 1 unspecified atom stereocenters. The van der Waals surface area contributed by atoms with E-state index < -0.39 is 6.03 Å². The molecule has 0 fully saturated rings. The van der Waals surface area contributed by atoms with Crippen LogP contribution >= 0.6 is 0 Å². The molecule has 0 aromatic heterocycles. The minimum Gasteiger partial charge on any atom is -0.352 e. The number of primary amides is 1. The summed E-state index contributed by atoms with van der Waals surface area (Å²) in [5, 5.41) is 5.11. The highest BCUT2D eigenvalue weighted by atomic mass is 16.5. The minimum atomic E-state index is -0.580. The van der Waals surface area contributed by atoms with Crippen LogP contribution in [0.2, 0.25) is 0 Å². The number of rotatable bonds is 4. The van der Waals surface area contributed by atoms with E-state index in [4.69, 9.17) is 10.5 Å². The number of amides is 2. The van der Waals surface area contributed by atoms with Crippen LogP contribution in [-0.2, 0) is 4.74 Å². The number of hydrogen-bond donors (Lipinski definition) is 3. The predicted molar refractivity (Wildman–Crippen MR) is 37.2 cm³/mol. The maximum Gasteiger partial charge on any atom is 0.313 e. The average molecular weight is 147 g/mol. The lowest BCUT2D eigenvalue weighted by molar-refractivity contribution is 0.0411. The molecule has 0 aliphatic rings. The monoisotopic (exact) mass is 147 g/mol. The van der Waals surface area contributed by atoms with Crippen LogP contribution < -0.4 is 16.4 Å². The molecule has 1 atom stereocenters. The van der Waals surface area contributed by atoms with E-state index >= 15 is 0 Å².